The van der Waals surface area contributed by atoms with Gasteiger partial charge in [-0.25, -0.2) is 0 Å². The third-order valence-corrected chi connectivity index (χ3v) is 11.0. The Hall–Kier alpha value is -2.69. The Kier molecular flexibility index (Phi) is 8.05. The van der Waals surface area contributed by atoms with Crippen LogP contribution in [0.5, 0.6) is 0 Å². The summed E-state index contributed by atoms with van der Waals surface area (Å²) in [6.07, 6.45) is 7.56. The first-order valence-electron chi connectivity index (χ1n) is 11.3. The van der Waals surface area contributed by atoms with Crippen LogP contribution in [-0.4, -0.2) is 21.2 Å². The number of allylic oxidation sites excluding steroid dienone is 1. The van der Waals surface area contributed by atoms with Crippen LogP contribution in [0.25, 0.3) is 0 Å². The number of rotatable bonds is 10. The molecule has 1 aromatic heterocycles. The molecule has 168 valence electrons. The zero-order valence-electron chi connectivity index (χ0n) is 19.6. The van der Waals surface area contributed by atoms with Crippen LogP contribution in [0.2, 0.25) is 5.04 Å². The first-order chi connectivity index (χ1) is 15.4. The van der Waals surface area contributed by atoms with Gasteiger partial charge in [0, 0.05) is 0 Å². The fourth-order valence-electron chi connectivity index (χ4n) is 4.33. The van der Waals surface area contributed by atoms with E-state index in [0.29, 0.717) is 12.4 Å². The molecule has 0 radical (unpaired) electrons. The average Bonchev–Trinajstić information content (AvgIpc) is 3.25. The van der Waals surface area contributed by atoms with Gasteiger partial charge in [0.2, 0.25) is 0 Å². The summed E-state index contributed by atoms with van der Waals surface area (Å²) in [5.74, 6) is 0.394. The van der Waals surface area contributed by atoms with Crippen LogP contribution in [0.1, 0.15) is 56.7 Å². The Bertz CT molecular complexity index is 974. The van der Waals surface area contributed by atoms with Gasteiger partial charge in [0.1, 0.15) is 0 Å². The largest absolute Gasteiger partial charge is 0.461 e. The second kappa shape index (κ2) is 10.8. The molecule has 0 atom stereocenters. The number of carbonyl (C=O) groups is 1. The molecule has 0 N–H and O–H groups in total. The van der Waals surface area contributed by atoms with Crippen molar-refractivity contribution in [3.8, 4) is 0 Å². The molecule has 4 heteroatoms. The molecule has 0 bridgehead atoms. The van der Waals surface area contributed by atoms with Crippen molar-refractivity contribution in [1.29, 1.82) is 0 Å². The van der Waals surface area contributed by atoms with Crippen molar-refractivity contribution >= 4 is 25.0 Å². The summed E-state index contributed by atoms with van der Waals surface area (Å²) < 4.78 is 12.1. The number of hydrogen-bond donors (Lipinski definition) is 0. The van der Waals surface area contributed by atoms with E-state index < -0.39 is 8.32 Å². The monoisotopic (exact) mass is 446 g/mol. The number of aryl methyl sites for hydroxylation is 1. The number of carbonyl (C=O) groups excluding carboxylic acids is 1. The summed E-state index contributed by atoms with van der Waals surface area (Å²) in [4.78, 5) is 10.8. The van der Waals surface area contributed by atoms with Gasteiger partial charge in [-0.05, 0) is 53.2 Å². The molecular weight excluding hydrogens is 412 g/mol. The summed E-state index contributed by atoms with van der Waals surface area (Å²) in [6.45, 7) is 9.66. The minimum absolute atomic E-state index is 0.0188. The zero-order chi connectivity index (χ0) is 23.0. The SMILES string of the molecule is C/C(=C\CO[Si](c1ccccc1)(c1ccccc1)C(C)(C)C)CCCc1coc(C=O)c1. The van der Waals surface area contributed by atoms with Crippen molar-refractivity contribution in [1.82, 2.24) is 0 Å². The normalized spacial score (nSPS) is 12.7. The van der Waals surface area contributed by atoms with E-state index in [1.54, 1.807) is 6.26 Å². The maximum absolute atomic E-state index is 10.8. The van der Waals surface area contributed by atoms with E-state index in [1.165, 1.54) is 15.9 Å². The number of aldehydes is 1. The topological polar surface area (TPSA) is 39.4 Å². The summed E-state index contributed by atoms with van der Waals surface area (Å²) in [7, 11) is -2.49. The highest BCUT2D eigenvalue weighted by Crippen LogP contribution is 2.36. The lowest BCUT2D eigenvalue weighted by Crippen LogP contribution is -2.66. The van der Waals surface area contributed by atoms with Gasteiger partial charge in [-0.15, -0.1) is 0 Å². The fourth-order valence-corrected chi connectivity index (χ4v) is 8.82. The second-order valence-electron chi connectivity index (χ2n) is 9.35. The highest BCUT2D eigenvalue weighted by atomic mass is 28.4. The highest BCUT2D eigenvalue weighted by Gasteiger charge is 2.49. The molecule has 0 unspecified atom stereocenters. The lowest BCUT2D eigenvalue weighted by atomic mass is 10.1. The Morgan fingerprint density at radius 2 is 1.59 bits per heavy atom. The molecule has 0 amide bonds. The van der Waals surface area contributed by atoms with Gasteiger partial charge in [-0.2, -0.15) is 0 Å². The van der Waals surface area contributed by atoms with Gasteiger partial charge >= 0.3 is 0 Å². The molecule has 3 rings (SSSR count). The van der Waals surface area contributed by atoms with Gasteiger partial charge in [0.25, 0.3) is 8.32 Å². The molecule has 3 aromatic rings. The molecule has 0 saturated heterocycles. The van der Waals surface area contributed by atoms with Crippen molar-refractivity contribution in [3.63, 3.8) is 0 Å². The molecule has 1 heterocycles. The van der Waals surface area contributed by atoms with Crippen LogP contribution in [-0.2, 0) is 10.8 Å². The summed E-state index contributed by atoms with van der Waals surface area (Å²) in [5, 5.41) is 2.58. The summed E-state index contributed by atoms with van der Waals surface area (Å²) >= 11 is 0. The van der Waals surface area contributed by atoms with E-state index >= 15 is 0 Å². The van der Waals surface area contributed by atoms with Crippen molar-refractivity contribution in [2.24, 2.45) is 0 Å². The zero-order valence-corrected chi connectivity index (χ0v) is 20.6. The van der Waals surface area contributed by atoms with Gasteiger partial charge in [-0.3, -0.25) is 4.79 Å². The smallest absolute Gasteiger partial charge is 0.261 e. The minimum Gasteiger partial charge on any atom is -0.461 e. The quantitative estimate of drug-likeness (QED) is 0.220. The molecule has 0 aliphatic carbocycles. The lowest BCUT2D eigenvalue weighted by molar-refractivity contribution is 0.110. The van der Waals surface area contributed by atoms with Crippen molar-refractivity contribution in [3.05, 3.63) is 96.0 Å². The summed E-state index contributed by atoms with van der Waals surface area (Å²) in [5.41, 5.74) is 2.39. The molecule has 0 aliphatic heterocycles. The van der Waals surface area contributed by atoms with Crippen LogP contribution in [0.15, 0.2) is 89.1 Å². The van der Waals surface area contributed by atoms with Gasteiger partial charge in [0.05, 0.1) is 12.9 Å². The first-order valence-corrected chi connectivity index (χ1v) is 13.2. The molecule has 0 fully saturated rings. The van der Waals surface area contributed by atoms with E-state index in [0.717, 1.165) is 31.1 Å². The maximum Gasteiger partial charge on any atom is 0.261 e. The Morgan fingerprint density at radius 1 is 1.00 bits per heavy atom. The second-order valence-corrected chi connectivity index (χ2v) is 13.7. The van der Waals surface area contributed by atoms with Crippen LogP contribution in [0, 0.1) is 0 Å². The van der Waals surface area contributed by atoms with E-state index in [9.17, 15) is 4.79 Å². The van der Waals surface area contributed by atoms with E-state index in [4.69, 9.17) is 8.84 Å². The Balaban J connectivity index is 1.74. The molecule has 3 nitrogen and oxygen atoms in total. The van der Waals surface area contributed by atoms with E-state index in [-0.39, 0.29) is 5.04 Å². The molecule has 0 saturated carbocycles. The van der Waals surface area contributed by atoms with Crippen molar-refractivity contribution < 1.29 is 13.6 Å². The highest BCUT2D eigenvalue weighted by molar-refractivity contribution is 6.99. The van der Waals surface area contributed by atoms with Crippen molar-refractivity contribution in [2.45, 2.75) is 52.0 Å². The third kappa shape index (κ3) is 5.56. The van der Waals surface area contributed by atoms with Crippen LogP contribution in [0.3, 0.4) is 0 Å². The first kappa shape index (κ1) is 24.0. The fraction of sp³-hybridized carbons (Fsp3) is 0.321. The summed E-state index contributed by atoms with van der Waals surface area (Å²) in [6, 6.07) is 23.3. The Labute approximate surface area is 193 Å². The lowest BCUT2D eigenvalue weighted by Gasteiger charge is -2.42. The number of benzene rings is 2. The predicted molar refractivity (Wildman–Crippen MR) is 134 cm³/mol. The van der Waals surface area contributed by atoms with Crippen molar-refractivity contribution in [2.75, 3.05) is 6.61 Å². The van der Waals surface area contributed by atoms with E-state index in [1.807, 2.05) is 6.07 Å². The predicted octanol–water partition coefficient (Wildman–Crippen LogP) is 5.94. The van der Waals surface area contributed by atoms with Crippen LogP contribution >= 0.6 is 0 Å². The van der Waals surface area contributed by atoms with Crippen LogP contribution in [0.4, 0.5) is 0 Å². The third-order valence-electron chi connectivity index (χ3n) is 5.98. The number of furan rings is 1. The molecule has 0 aliphatic rings. The standard InChI is InChI=1S/C28H34O3Si/c1-23(12-11-13-24-20-25(21-29)30-22-24)18-19-31-32(28(2,3)4,26-14-7-5-8-15-26)27-16-9-6-10-17-27/h5-10,14-18,20-22H,11-13,19H2,1-4H3/b23-18+. The maximum atomic E-state index is 10.8. The van der Waals surface area contributed by atoms with Gasteiger partial charge in [-0.1, -0.05) is 93.1 Å². The van der Waals surface area contributed by atoms with Gasteiger partial charge < -0.3 is 8.84 Å². The Morgan fingerprint density at radius 3 is 2.09 bits per heavy atom. The molecular formula is C28H34O3Si. The molecule has 2 aromatic carbocycles. The van der Waals surface area contributed by atoms with E-state index in [2.05, 4.69) is 94.4 Å². The number of hydrogen-bond acceptors (Lipinski definition) is 3. The molecule has 32 heavy (non-hydrogen) atoms. The average molecular weight is 447 g/mol. The van der Waals surface area contributed by atoms with Gasteiger partial charge in [0.15, 0.2) is 12.0 Å². The van der Waals surface area contributed by atoms with Crippen LogP contribution < -0.4 is 10.4 Å². The molecule has 0 spiro atoms. The minimum atomic E-state index is -2.49.